The summed E-state index contributed by atoms with van der Waals surface area (Å²) in [6.45, 7) is 2.34. The number of hydrogen-bond acceptors (Lipinski definition) is 5. The fourth-order valence-electron chi connectivity index (χ4n) is 3.67. The van der Waals surface area contributed by atoms with Crippen LogP contribution in [0.1, 0.15) is 16.8 Å². The van der Waals surface area contributed by atoms with Crippen LogP contribution in [-0.4, -0.2) is 26.4 Å². The second-order valence-corrected chi connectivity index (χ2v) is 7.28. The second kappa shape index (κ2) is 7.76. The highest BCUT2D eigenvalue weighted by Crippen LogP contribution is 2.24. The van der Waals surface area contributed by atoms with E-state index >= 15 is 0 Å². The number of halogens is 2. The Labute approximate surface area is 172 Å². The van der Waals surface area contributed by atoms with E-state index in [-0.39, 0.29) is 0 Å². The minimum Gasteiger partial charge on any atom is -0.461 e. The lowest BCUT2D eigenvalue weighted by Gasteiger charge is -2.27. The van der Waals surface area contributed by atoms with Crippen molar-refractivity contribution in [1.29, 1.82) is 0 Å². The third-order valence-corrected chi connectivity index (χ3v) is 5.19. The number of pyridine rings is 1. The molecule has 0 saturated carbocycles. The summed E-state index contributed by atoms with van der Waals surface area (Å²) in [5, 5.41) is 0. The van der Waals surface area contributed by atoms with Crippen LogP contribution < -0.4 is 0 Å². The van der Waals surface area contributed by atoms with Gasteiger partial charge in [-0.15, -0.1) is 0 Å². The molecule has 7 heteroatoms. The molecule has 0 atom stereocenters. The van der Waals surface area contributed by atoms with E-state index in [0.717, 1.165) is 48.9 Å². The molecular weight excluding hydrogens is 386 g/mol. The van der Waals surface area contributed by atoms with Gasteiger partial charge in [0.1, 0.15) is 11.6 Å². The van der Waals surface area contributed by atoms with Crippen LogP contribution in [0.3, 0.4) is 0 Å². The predicted octanol–water partition coefficient (Wildman–Crippen LogP) is 4.64. The van der Waals surface area contributed by atoms with Crippen molar-refractivity contribution in [3.63, 3.8) is 0 Å². The van der Waals surface area contributed by atoms with Crippen LogP contribution in [0.2, 0.25) is 0 Å². The normalized spacial score (nSPS) is 13.9. The lowest BCUT2D eigenvalue weighted by molar-refractivity contribution is 0.242. The summed E-state index contributed by atoms with van der Waals surface area (Å²) in [5.41, 5.74) is 3.96. The SMILES string of the molecule is Fc1ccc(-c2ccc(CN3CCc4nc(-c5ccco5)ncc4C3)cn2)c(F)c1. The first-order chi connectivity index (χ1) is 14.7. The molecule has 0 aliphatic carbocycles. The standard InChI is InChI=1S/C23H18F2N4O/c24-17-4-5-18(19(25)10-17)21-6-3-15(11-26-21)13-29-8-7-20-16(14-29)12-27-23(28-20)22-2-1-9-30-22/h1-6,9-12H,7-8,13-14H2. The van der Waals surface area contributed by atoms with Crippen molar-refractivity contribution in [2.45, 2.75) is 19.5 Å². The third kappa shape index (κ3) is 3.71. The first-order valence-electron chi connectivity index (χ1n) is 9.67. The van der Waals surface area contributed by atoms with Gasteiger partial charge in [-0.25, -0.2) is 18.7 Å². The van der Waals surface area contributed by atoms with Crippen molar-refractivity contribution in [2.75, 3.05) is 6.54 Å². The molecule has 0 bridgehead atoms. The topological polar surface area (TPSA) is 55.1 Å². The summed E-state index contributed by atoms with van der Waals surface area (Å²) in [6, 6.07) is 10.9. The molecule has 0 unspecified atom stereocenters. The van der Waals surface area contributed by atoms with E-state index in [9.17, 15) is 8.78 Å². The molecule has 5 rings (SSSR count). The Balaban J connectivity index is 1.28. The highest BCUT2D eigenvalue weighted by atomic mass is 19.1. The number of benzene rings is 1. The van der Waals surface area contributed by atoms with Gasteiger partial charge < -0.3 is 4.42 Å². The minimum atomic E-state index is -0.614. The van der Waals surface area contributed by atoms with Gasteiger partial charge in [-0.05, 0) is 35.9 Å². The molecule has 1 aliphatic rings. The van der Waals surface area contributed by atoms with Crippen LogP contribution >= 0.6 is 0 Å². The van der Waals surface area contributed by atoms with Gasteiger partial charge in [0.25, 0.3) is 0 Å². The van der Waals surface area contributed by atoms with E-state index in [0.29, 0.717) is 22.8 Å². The molecule has 30 heavy (non-hydrogen) atoms. The first kappa shape index (κ1) is 18.6. The lowest BCUT2D eigenvalue weighted by atomic mass is 10.1. The Morgan fingerprint density at radius 2 is 1.97 bits per heavy atom. The van der Waals surface area contributed by atoms with Crippen LogP contribution in [0, 0.1) is 11.6 Å². The Hall–Kier alpha value is -3.45. The van der Waals surface area contributed by atoms with E-state index in [4.69, 9.17) is 4.42 Å². The average Bonchev–Trinajstić information content (AvgIpc) is 3.29. The quantitative estimate of drug-likeness (QED) is 0.496. The van der Waals surface area contributed by atoms with Gasteiger partial charge >= 0.3 is 0 Å². The van der Waals surface area contributed by atoms with Gasteiger partial charge in [0.05, 0.1) is 17.7 Å². The molecule has 0 spiro atoms. The summed E-state index contributed by atoms with van der Waals surface area (Å²) in [6.07, 6.45) is 6.05. The molecule has 0 amide bonds. The first-order valence-corrected chi connectivity index (χ1v) is 9.67. The van der Waals surface area contributed by atoms with Crippen molar-refractivity contribution < 1.29 is 13.2 Å². The maximum absolute atomic E-state index is 14.0. The Morgan fingerprint density at radius 3 is 2.73 bits per heavy atom. The molecule has 4 heterocycles. The lowest BCUT2D eigenvalue weighted by Crippen LogP contribution is -2.31. The monoisotopic (exact) mass is 404 g/mol. The molecule has 3 aromatic heterocycles. The minimum absolute atomic E-state index is 0.291. The van der Waals surface area contributed by atoms with Gasteiger partial charge in [0.2, 0.25) is 0 Å². The molecule has 0 fully saturated rings. The molecular formula is C23H18F2N4O. The number of nitrogens with zero attached hydrogens (tertiary/aromatic N) is 4. The van der Waals surface area contributed by atoms with Crippen molar-refractivity contribution in [3.8, 4) is 22.8 Å². The van der Waals surface area contributed by atoms with Crippen LogP contribution in [0.15, 0.2) is 65.5 Å². The number of fused-ring (bicyclic) bond motifs is 1. The largest absolute Gasteiger partial charge is 0.461 e. The highest BCUT2D eigenvalue weighted by Gasteiger charge is 2.19. The molecule has 4 aromatic rings. The van der Waals surface area contributed by atoms with E-state index in [1.165, 1.54) is 12.1 Å². The van der Waals surface area contributed by atoms with E-state index in [1.807, 2.05) is 24.4 Å². The van der Waals surface area contributed by atoms with Crippen LogP contribution in [0.4, 0.5) is 8.78 Å². The van der Waals surface area contributed by atoms with Crippen LogP contribution in [0.25, 0.3) is 22.8 Å². The fraction of sp³-hybridized carbons (Fsp3) is 0.174. The zero-order valence-corrected chi connectivity index (χ0v) is 16.1. The fourth-order valence-corrected chi connectivity index (χ4v) is 3.67. The van der Waals surface area contributed by atoms with E-state index in [2.05, 4.69) is 19.9 Å². The Morgan fingerprint density at radius 1 is 1.03 bits per heavy atom. The van der Waals surface area contributed by atoms with Crippen LogP contribution in [0.5, 0.6) is 0 Å². The van der Waals surface area contributed by atoms with E-state index < -0.39 is 11.6 Å². The number of rotatable bonds is 4. The number of aromatic nitrogens is 3. The zero-order chi connectivity index (χ0) is 20.5. The van der Waals surface area contributed by atoms with Gasteiger partial charge in [-0.1, -0.05) is 6.07 Å². The van der Waals surface area contributed by atoms with Crippen molar-refractivity contribution in [1.82, 2.24) is 19.9 Å². The summed E-state index contributed by atoms with van der Waals surface area (Å²) in [7, 11) is 0. The van der Waals surface area contributed by atoms with Gasteiger partial charge in [0.15, 0.2) is 11.6 Å². The molecule has 0 saturated heterocycles. The molecule has 150 valence electrons. The van der Waals surface area contributed by atoms with Gasteiger partial charge in [-0.2, -0.15) is 0 Å². The molecule has 1 aliphatic heterocycles. The summed E-state index contributed by atoms with van der Waals surface area (Å²) >= 11 is 0. The van der Waals surface area contributed by atoms with Gasteiger partial charge in [-0.3, -0.25) is 9.88 Å². The molecule has 0 radical (unpaired) electrons. The van der Waals surface area contributed by atoms with Crippen molar-refractivity contribution in [3.05, 3.63) is 89.6 Å². The summed E-state index contributed by atoms with van der Waals surface area (Å²) in [5.74, 6) is 0.0688. The average molecular weight is 404 g/mol. The van der Waals surface area contributed by atoms with E-state index in [1.54, 1.807) is 18.5 Å². The second-order valence-electron chi connectivity index (χ2n) is 7.28. The zero-order valence-electron chi connectivity index (χ0n) is 16.1. The molecule has 5 nitrogen and oxygen atoms in total. The van der Waals surface area contributed by atoms with Gasteiger partial charge in [0, 0.05) is 55.6 Å². The molecule has 1 aromatic carbocycles. The van der Waals surface area contributed by atoms with Crippen molar-refractivity contribution in [2.24, 2.45) is 0 Å². The van der Waals surface area contributed by atoms with Crippen molar-refractivity contribution >= 4 is 0 Å². The Kier molecular flexibility index (Phi) is 4.80. The number of furan rings is 1. The maximum Gasteiger partial charge on any atom is 0.195 e. The summed E-state index contributed by atoms with van der Waals surface area (Å²) in [4.78, 5) is 15.7. The Bertz CT molecular complexity index is 1180. The maximum atomic E-state index is 14.0. The summed E-state index contributed by atoms with van der Waals surface area (Å²) < 4.78 is 32.5. The van der Waals surface area contributed by atoms with Crippen LogP contribution in [-0.2, 0) is 19.5 Å². The number of hydrogen-bond donors (Lipinski definition) is 0. The highest BCUT2D eigenvalue weighted by molar-refractivity contribution is 5.59. The smallest absolute Gasteiger partial charge is 0.195 e. The third-order valence-electron chi connectivity index (χ3n) is 5.19. The molecule has 0 N–H and O–H groups in total. The predicted molar refractivity (Wildman–Crippen MR) is 107 cm³/mol.